The van der Waals surface area contributed by atoms with Gasteiger partial charge in [0.15, 0.2) is 0 Å². The molecule has 0 saturated heterocycles. The fraction of sp³-hybridized carbons (Fsp3) is 0.571. The van der Waals surface area contributed by atoms with E-state index in [-0.39, 0.29) is 18.5 Å². The topological polar surface area (TPSA) is 69.6 Å². The third kappa shape index (κ3) is 3.72. The summed E-state index contributed by atoms with van der Waals surface area (Å²) in [6.45, 7) is 0.460. The molecule has 1 aromatic rings. The van der Waals surface area contributed by atoms with Crippen LogP contribution in [0.4, 0.5) is 4.79 Å². The number of aryl methyl sites for hydroxylation is 1. The molecule has 0 bridgehead atoms. The van der Waals surface area contributed by atoms with Crippen molar-refractivity contribution in [3.63, 3.8) is 0 Å². The van der Waals surface area contributed by atoms with Gasteiger partial charge in [-0.05, 0) is 42.7 Å². The van der Waals surface area contributed by atoms with Crippen LogP contribution >= 0.6 is 11.3 Å². The summed E-state index contributed by atoms with van der Waals surface area (Å²) >= 11 is 1.75. The fourth-order valence-electron chi connectivity index (χ4n) is 2.46. The smallest absolute Gasteiger partial charge is 0.317 e. The minimum Gasteiger partial charge on any atom is -0.481 e. The molecule has 0 aromatic carbocycles. The average molecular weight is 296 g/mol. The van der Waals surface area contributed by atoms with Gasteiger partial charge in [0.25, 0.3) is 0 Å². The molecule has 1 heterocycles. The molecule has 1 atom stereocenters. The predicted octanol–water partition coefficient (Wildman–Crippen LogP) is 2.63. The number of rotatable bonds is 5. The molecule has 2 amide bonds. The van der Waals surface area contributed by atoms with Crippen LogP contribution in [0.15, 0.2) is 11.4 Å². The summed E-state index contributed by atoms with van der Waals surface area (Å²) in [4.78, 5) is 25.5. The average Bonchev–Trinajstić information content (AvgIpc) is 2.87. The van der Waals surface area contributed by atoms with Crippen molar-refractivity contribution in [2.24, 2.45) is 0 Å². The molecular weight excluding hydrogens is 276 g/mol. The van der Waals surface area contributed by atoms with Crippen LogP contribution in [0.3, 0.4) is 0 Å². The van der Waals surface area contributed by atoms with Crippen LogP contribution < -0.4 is 5.32 Å². The highest BCUT2D eigenvalue weighted by Gasteiger charge is 2.23. The fourth-order valence-corrected chi connectivity index (χ4v) is 3.45. The van der Waals surface area contributed by atoms with E-state index in [4.69, 9.17) is 5.11 Å². The lowest BCUT2D eigenvalue weighted by Gasteiger charge is -2.26. The summed E-state index contributed by atoms with van der Waals surface area (Å²) in [6.07, 6.45) is 3.75. The number of fused-ring (bicyclic) bond motifs is 1. The highest BCUT2D eigenvalue weighted by Crippen LogP contribution is 2.33. The first-order valence-electron chi connectivity index (χ1n) is 6.87. The van der Waals surface area contributed by atoms with Crippen molar-refractivity contribution in [3.05, 3.63) is 21.9 Å². The number of amides is 2. The standard InChI is InChI=1S/C14H20N2O3S/c1-16(8-3-6-13(17)18)14(19)15-11-4-2-5-12-10(11)7-9-20-12/h7,9,11H,2-6,8H2,1H3,(H,15,19)(H,17,18). The van der Waals surface area contributed by atoms with E-state index in [9.17, 15) is 9.59 Å². The van der Waals surface area contributed by atoms with E-state index in [1.54, 1.807) is 23.3 Å². The molecule has 2 rings (SSSR count). The van der Waals surface area contributed by atoms with E-state index >= 15 is 0 Å². The number of nitrogens with one attached hydrogen (secondary N) is 1. The van der Waals surface area contributed by atoms with Gasteiger partial charge in [0.2, 0.25) is 0 Å². The predicted molar refractivity (Wildman–Crippen MR) is 78.0 cm³/mol. The van der Waals surface area contributed by atoms with Gasteiger partial charge in [0, 0.05) is 24.9 Å². The highest BCUT2D eigenvalue weighted by molar-refractivity contribution is 7.10. The lowest BCUT2D eigenvalue weighted by Crippen LogP contribution is -2.40. The second kappa shape index (κ2) is 6.74. The van der Waals surface area contributed by atoms with Crippen LogP contribution in [-0.4, -0.2) is 35.6 Å². The van der Waals surface area contributed by atoms with Crippen molar-refractivity contribution < 1.29 is 14.7 Å². The van der Waals surface area contributed by atoms with Crippen molar-refractivity contribution in [1.29, 1.82) is 0 Å². The number of carbonyl (C=O) groups is 2. The SMILES string of the molecule is CN(CCCC(=O)O)C(=O)NC1CCCc2sccc21. The third-order valence-corrected chi connectivity index (χ3v) is 4.58. The third-order valence-electron chi connectivity index (χ3n) is 3.58. The van der Waals surface area contributed by atoms with Gasteiger partial charge < -0.3 is 15.3 Å². The number of carboxylic acid groups (broad SMARTS) is 1. The van der Waals surface area contributed by atoms with E-state index in [0.29, 0.717) is 13.0 Å². The molecule has 0 spiro atoms. The molecule has 1 aliphatic carbocycles. The van der Waals surface area contributed by atoms with Crippen molar-refractivity contribution >= 4 is 23.3 Å². The molecule has 110 valence electrons. The molecule has 20 heavy (non-hydrogen) atoms. The van der Waals surface area contributed by atoms with Crippen LogP contribution in [0, 0.1) is 0 Å². The van der Waals surface area contributed by atoms with Gasteiger partial charge in [-0.3, -0.25) is 4.79 Å². The molecule has 0 saturated carbocycles. The van der Waals surface area contributed by atoms with Crippen LogP contribution in [0.2, 0.25) is 0 Å². The second-order valence-electron chi connectivity index (χ2n) is 5.11. The molecule has 1 unspecified atom stereocenters. The summed E-state index contributed by atoms with van der Waals surface area (Å²) in [6, 6.07) is 2.06. The van der Waals surface area contributed by atoms with Gasteiger partial charge in [-0.1, -0.05) is 0 Å². The first kappa shape index (κ1) is 14.8. The Morgan fingerprint density at radius 1 is 1.55 bits per heavy atom. The first-order chi connectivity index (χ1) is 9.58. The van der Waals surface area contributed by atoms with E-state index in [2.05, 4.69) is 16.8 Å². The number of urea groups is 1. The zero-order chi connectivity index (χ0) is 14.5. The van der Waals surface area contributed by atoms with E-state index in [0.717, 1.165) is 19.3 Å². The van der Waals surface area contributed by atoms with Gasteiger partial charge >= 0.3 is 12.0 Å². The Bertz CT molecular complexity index is 487. The summed E-state index contributed by atoms with van der Waals surface area (Å²) in [5.41, 5.74) is 1.24. The monoisotopic (exact) mass is 296 g/mol. The van der Waals surface area contributed by atoms with Crippen molar-refractivity contribution in [2.75, 3.05) is 13.6 Å². The quantitative estimate of drug-likeness (QED) is 0.877. The Kier molecular flexibility index (Phi) is 5.00. The molecule has 2 N–H and O–H groups in total. The first-order valence-corrected chi connectivity index (χ1v) is 7.75. The number of nitrogens with zero attached hydrogens (tertiary/aromatic N) is 1. The Balaban J connectivity index is 1.84. The number of thiophene rings is 1. The normalized spacial score (nSPS) is 17.4. The van der Waals surface area contributed by atoms with Gasteiger partial charge in [0.05, 0.1) is 6.04 Å². The maximum Gasteiger partial charge on any atom is 0.317 e. The van der Waals surface area contributed by atoms with E-state index in [1.165, 1.54) is 10.4 Å². The maximum atomic E-state index is 12.1. The summed E-state index contributed by atoms with van der Waals surface area (Å²) < 4.78 is 0. The Labute approximate surface area is 122 Å². The van der Waals surface area contributed by atoms with Crippen molar-refractivity contribution in [3.8, 4) is 0 Å². The van der Waals surface area contributed by atoms with Crippen LogP contribution in [-0.2, 0) is 11.2 Å². The molecule has 0 fully saturated rings. The Hall–Kier alpha value is -1.56. The van der Waals surface area contributed by atoms with Gasteiger partial charge in [-0.2, -0.15) is 0 Å². The van der Waals surface area contributed by atoms with Crippen LogP contribution in [0.1, 0.15) is 42.2 Å². The van der Waals surface area contributed by atoms with Crippen LogP contribution in [0.25, 0.3) is 0 Å². The lowest BCUT2D eigenvalue weighted by molar-refractivity contribution is -0.137. The molecule has 0 aliphatic heterocycles. The maximum absolute atomic E-state index is 12.1. The molecule has 6 heteroatoms. The molecular formula is C14H20N2O3S. The van der Waals surface area contributed by atoms with Gasteiger partial charge in [-0.15, -0.1) is 11.3 Å². The van der Waals surface area contributed by atoms with Gasteiger partial charge in [-0.25, -0.2) is 4.79 Å². The zero-order valence-electron chi connectivity index (χ0n) is 11.6. The molecule has 0 radical (unpaired) electrons. The number of carbonyl (C=O) groups excluding carboxylic acids is 1. The van der Waals surface area contributed by atoms with Gasteiger partial charge in [0.1, 0.15) is 0 Å². The zero-order valence-corrected chi connectivity index (χ0v) is 12.4. The minimum atomic E-state index is -0.825. The van der Waals surface area contributed by atoms with E-state index < -0.39 is 5.97 Å². The second-order valence-corrected chi connectivity index (χ2v) is 6.11. The Morgan fingerprint density at radius 3 is 3.10 bits per heavy atom. The summed E-state index contributed by atoms with van der Waals surface area (Å²) in [5, 5.41) is 13.7. The summed E-state index contributed by atoms with van der Waals surface area (Å²) in [7, 11) is 1.70. The molecule has 1 aromatic heterocycles. The summed E-state index contributed by atoms with van der Waals surface area (Å²) in [5.74, 6) is -0.825. The largest absolute Gasteiger partial charge is 0.481 e. The van der Waals surface area contributed by atoms with Crippen molar-refractivity contribution in [2.45, 2.75) is 38.1 Å². The number of carboxylic acids is 1. The highest BCUT2D eigenvalue weighted by atomic mass is 32.1. The number of hydrogen-bond acceptors (Lipinski definition) is 3. The molecule has 1 aliphatic rings. The van der Waals surface area contributed by atoms with Crippen molar-refractivity contribution in [1.82, 2.24) is 10.2 Å². The van der Waals surface area contributed by atoms with E-state index in [1.807, 2.05) is 0 Å². The lowest BCUT2D eigenvalue weighted by atomic mass is 9.94. The minimum absolute atomic E-state index is 0.0930. The Morgan fingerprint density at radius 2 is 2.35 bits per heavy atom. The number of aliphatic carboxylic acids is 1. The van der Waals surface area contributed by atoms with Crippen LogP contribution in [0.5, 0.6) is 0 Å². The number of hydrogen-bond donors (Lipinski definition) is 2. The molecule has 5 nitrogen and oxygen atoms in total.